The first kappa shape index (κ1) is 14.6. The molecule has 3 aromatic heterocycles. The van der Waals surface area contributed by atoms with Crippen LogP contribution in [0.15, 0.2) is 41.8 Å². The van der Waals surface area contributed by atoms with Crippen molar-refractivity contribution in [3.8, 4) is 0 Å². The minimum Gasteiger partial charge on any atom is -0.388 e. The lowest BCUT2D eigenvalue weighted by molar-refractivity contribution is 0.132. The summed E-state index contributed by atoms with van der Waals surface area (Å²) in [7, 11) is 1.89. The van der Waals surface area contributed by atoms with Gasteiger partial charge in [0.25, 0.3) is 0 Å². The average Bonchev–Trinajstić information content (AvgIpc) is 3.19. The molecule has 4 rings (SSSR count). The maximum atomic E-state index is 6.02. The molecule has 0 radical (unpaired) electrons. The Bertz CT molecular complexity index is 1050. The number of aryl methyl sites for hydroxylation is 1. The first-order valence-electron chi connectivity index (χ1n) is 7.28. The van der Waals surface area contributed by atoms with E-state index < -0.39 is 0 Å². The second-order valence-electron chi connectivity index (χ2n) is 5.20. The van der Waals surface area contributed by atoms with Crippen LogP contribution >= 0.6 is 11.3 Å². The standard InChI is InChI=1S/C16H14N6OS/c1-22-7-6-18-12(22)8-19-23-9-13-21-14-15(24-13)10-4-2-3-5-11(10)20-16(14)17/h2-8H,9H2,1H3,(H2,17,20)/b19-8+. The fourth-order valence-electron chi connectivity index (χ4n) is 2.41. The zero-order chi connectivity index (χ0) is 16.5. The smallest absolute Gasteiger partial charge is 0.168 e. The van der Waals surface area contributed by atoms with Crippen LogP contribution in [0.2, 0.25) is 0 Å². The van der Waals surface area contributed by atoms with Gasteiger partial charge in [0, 0.05) is 24.8 Å². The highest BCUT2D eigenvalue weighted by atomic mass is 32.1. The number of fused-ring (bicyclic) bond motifs is 3. The molecule has 0 unspecified atom stereocenters. The van der Waals surface area contributed by atoms with Gasteiger partial charge in [0.05, 0.1) is 10.2 Å². The molecular weight excluding hydrogens is 324 g/mol. The maximum absolute atomic E-state index is 6.02. The van der Waals surface area contributed by atoms with Crippen molar-refractivity contribution < 1.29 is 4.84 Å². The molecule has 0 saturated carbocycles. The highest BCUT2D eigenvalue weighted by Gasteiger charge is 2.12. The minimum atomic E-state index is 0.272. The zero-order valence-electron chi connectivity index (χ0n) is 12.9. The van der Waals surface area contributed by atoms with Gasteiger partial charge < -0.3 is 15.1 Å². The number of rotatable bonds is 4. The molecule has 0 aliphatic heterocycles. The Morgan fingerprint density at radius 1 is 1.33 bits per heavy atom. The van der Waals surface area contributed by atoms with E-state index in [0.29, 0.717) is 11.3 Å². The van der Waals surface area contributed by atoms with Gasteiger partial charge in [0.2, 0.25) is 0 Å². The first-order chi connectivity index (χ1) is 11.7. The number of hydrogen-bond donors (Lipinski definition) is 1. The molecule has 0 fully saturated rings. The average molecular weight is 338 g/mol. The van der Waals surface area contributed by atoms with E-state index in [0.717, 1.165) is 26.4 Å². The Kier molecular flexibility index (Phi) is 3.58. The molecule has 0 aliphatic rings. The van der Waals surface area contributed by atoms with Crippen molar-refractivity contribution in [3.63, 3.8) is 0 Å². The van der Waals surface area contributed by atoms with Crippen molar-refractivity contribution in [2.45, 2.75) is 6.61 Å². The SMILES string of the molecule is Cn1ccnc1/C=N/OCc1nc2c(N)nc3ccccc3c2s1. The number of pyridine rings is 1. The highest BCUT2D eigenvalue weighted by Crippen LogP contribution is 2.32. The topological polar surface area (TPSA) is 91.2 Å². The summed E-state index contributed by atoms with van der Waals surface area (Å²) in [5.74, 6) is 1.15. The van der Waals surface area contributed by atoms with Gasteiger partial charge in [-0.15, -0.1) is 11.3 Å². The van der Waals surface area contributed by atoms with Gasteiger partial charge in [-0.2, -0.15) is 0 Å². The van der Waals surface area contributed by atoms with Gasteiger partial charge >= 0.3 is 0 Å². The van der Waals surface area contributed by atoms with Crippen LogP contribution in [0.4, 0.5) is 5.82 Å². The van der Waals surface area contributed by atoms with E-state index in [1.54, 1.807) is 23.7 Å². The second-order valence-corrected chi connectivity index (χ2v) is 6.29. The van der Waals surface area contributed by atoms with Crippen LogP contribution in [0.25, 0.3) is 21.1 Å². The number of para-hydroxylation sites is 1. The van der Waals surface area contributed by atoms with Crippen LogP contribution in [-0.4, -0.2) is 25.7 Å². The molecule has 8 heteroatoms. The highest BCUT2D eigenvalue weighted by molar-refractivity contribution is 7.19. The molecule has 0 atom stereocenters. The second kappa shape index (κ2) is 5.89. The number of nitrogens with two attached hydrogens (primary N) is 1. The predicted molar refractivity (Wildman–Crippen MR) is 94.9 cm³/mol. The Morgan fingerprint density at radius 3 is 3.04 bits per heavy atom. The molecule has 0 bridgehead atoms. The van der Waals surface area contributed by atoms with E-state index in [-0.39, 0.29) is 6.61 Å². The first-order valence-corrected chi connectivity index (χ1v) is 8.10. The zero-order valence-corrected chi connectivity index (χ0v) is 13.7. The summed E-state index contributed by atoms with van der Waals surface area (Å²) in [6.45, 7) is 0.272. The third-order valence-corrected chi connectivity index (χ3v) is 4.65. The quantitative estimate of drug-likeness (QED) is 0.456. The van der Waals surface area contributed by atoms with Gasteiger partial charge in [0.1, 0.15) is 16.7 Å². The number of benzene rings is 1. The molecular formula is C16H14N6OS. The molecule has 0 spiro atoms. The number of hydrogen-bond acceptors (Lipinski definition) is 7. The number of nitrogens with zero attached hydrogens (tertiary/aromatic N) is 5. The van der Waals surface area contributed by atoms with E-state index in [4.69, 9.17) is 10.6 Å². The Hall–Kier alpha value is -3.00. The van der Waals surface area contributed by atoms with Crippen LogP contribution in [0.3, 0.4) is 0 Å². The Morgan fingerprint density at radius 2 is 2.21 bits per heavy atom. The van der Waals surface area contributed by atoms with Crippen molar-refractivity contribution in [1.82, 2.24) is 19.5 Å². The Balaban J connectivity index is 1.59. The van der Waals surface area contributed by atoms with Crippen molar-refractivity contribution >= 4 is 44.5 Å². The molecule has 4 aromatic rings. The van der Waals surface area contributed by atoms with Crippen LogP contribution in [0.5, 0.6) is 0 Å². The monoisotopic (exact) mass is 338 g/mol. The van der Waals surface area contributed by atoms with E-state index >= 15 is 0 Å². The summed E-state index contributed by atoms with van der Waals surface area (Å²) in [5.41, 5.74) is 7.60. The van der Waals surface area contributed by atoms with E-state index in [2.05, 4.69) is 20.1 Å². The fourth-order valence-corrected chi connectivity index (χ4v) is 3.42. The summed E-state index contributed by atoms with van der Waals surface area (Å²) >= 11 is 1.54. The van der Waals surface area contributed by atoms with Gasteiger partial charge in [-0.05, 0) is 6.07 Å². The molecule has 2 N–H and O–H groups in total. The molecule has 0 saturated heterocycles. The van der Waals surface area contributed by atoms with Gasteiger partial charge in [-0.25, -0.2) is 15.0 Å². The van der Waals surface area contributed by atoms with Crippen molar-refractivity contribution in [3.05, 3.63) is 47.5 Å². The van der Waals surface area contributed by atoms with E-state index in [1.165, 1.54) is 0 Å². The normalized spacial score (nSPS) is 11.7. The van der Waals surface area contributed by atoms with Crippen LogP contribution < -0.4 is 5.73 Å². The lowest BCUT2D eigenvalue weighted by atomic mass is 10.2. The molecule has 24 heavy (non-hydrogen) atoms. The van der Waals surface area contributed by atoms with Crippen molar-refractivity contribution in [1.29, 1.82) is 0 Å². The molecule has 0 aliphatic carbocycles. The van der Waals surface area contributed by atoms with Crippen LogP contribution in [0.1, 0.15) is 10.8 Å². The largest absolute Gasteiger partial charge is 0.388 e. The van der Waals surface area contributed by atoms with Gasteiger partial charge in [-0.1, -0.05) is 23.4 Å². The summed E-state index contributed by atoms with van der Waals surface area (Å²) in [4.78, 5) is 18.4. The van der Waals surface area contributed by atoms with Gasteiger partial charge in [0.15, 0.2) is 18.2 Å². The number of imidazole rings is 1. The number of aromatic nitrogens is 4. The molecule has 120 valence electrons. The summed E-state index contributed by atoms with van der Waals surface area (Å²) in [6, 6.07) is 7.88. The molecule has 3 heterocycles. The van der Waals surface area contributed by atoms with Crippen molar-refractivity contribution in [2.75, 3.05) is 5.73 Å². The van der Waals surface area contributed by atoms with Crippen molar-refractivity contribution in [2.24, 2.45) is 12.2 Å². The van der Waals surface area contributed by atoms with E-state index in [1.807, 2.05) is 42.1 Å². The summed E-state index contributed by atoms with van der Waals surface area (Å²) in [6.07, 6.45) is 5.12. The number of oxime groups is 1. The number of anilines is 1. The third kappa shape index (κ3) is 2.56. The van der Waals surface area contributed by atoms with Crippen LogP contribution in [-0.2, 0) is 18.5 Å². The summed E-state index contributed by atoms with van der Waals surface area (Å²) in [5, 5.41) is 5.78. The number of thiazole rings is 1. The lowest BCUT2D eigenvalue weighted by Crippen LogP contribution is -1.96. The third-order valence-electron chi connectivity index (χ3n) is 3.59. The summed E-state index contributed by atoms with van der Waals surface area (Å²) < 4.78 is 2.87. The molecule has 7 nitrogen and oxygen atoms in total. The fraction of sp³-hybridized carbons (Fsp3) is 0.125. The van der Waals surface area contributed by atoms with E-state index in [9.17, 15) is 0 Å². The number of nitrogen functional groups attached to an aromatic ring is 1. The Labute approximate surface area is 141 Å². The maximum Gasteiger partial charge on any atom is 0.168 e. The minimum absolute atomic E-state index is 0.272. The molecule has 1 aromatic carbocycles. The van der Waals surface area contributed by atoms with Gasteiger partial charge in [-0.3, -0.25) is 0 Å². The predicted octanol–water partition coefficient (Wildman–Crippen LogP) is 2.71. The lowest BCUT2D eigenvalue weighted by Gasteiger charge is -1.99. The molecule has 0 amide bonds. The van der Waals surface area contributed by atoms with Crippen LogP contribution in [0, 0.1) is 0 Å².